The lowest BCUT2D eigenvalue weighted by Crippen LogP contribution is -2.52. The molecule has 5 nitrogen and oxygen atoms in total. The first-order chi connectivity index (χ1) is 8.58. The molecular formula is C13H21N3O2. The Morgan fingerprint density at radius 3 is 2.94 bits per heavy atom. The highest BCUT2D eigenvalue weighted by atomic mass is 16.2. The molecule has 0 aromatic rings. The molecule has 100 valence electrons. The van der Waals surface area contributed by atoms with Gasteiger partial charge in [-0.25, -0.2) is 0 Å². The first kappa shape index (κ1) is 13.1. The second-order valence-corrected chi connectivity index (χ2v) is 5.23. The highest BCUT2D eigenvalue weighted by Crippen LogP contribution is 2.22. The van der Waals surface area contributed by atoms with Crippen LogP contribution in [0, 0.1) is 0 Å². The Labute approximate surface area is 108 Å². The molecule has 0 radical (unpaired) electrons. The maximum Gasteiger partial charge on any atom is 0.246 e. The highest BCUT2D eigenvalue weighted by molar-refractivity contribution is 5.88. The SMILES string of the molecule is CN(C)C/C=C/C(=O)N1CCN2C(=O)CCC2C1. The molecule has 2 saturated heterocycles. The summed E-state index contributed by atoms with van der Waals surface area (Å²) in [6.07, 6.45) is 5.06. The molecule has 2 rings (SSSR count). The van der Waals surface area contributed by atoms with Gasteiger partial charge in [0.05, 0.1) is 0 Å². The van der Waals surface area contributed by atoms with Crippen LogP contribution < -0.4 is 0 Å². The van der Waals surface area contributed by atoms with Crippen LogP contribution in [-0.4, -0.2) is 72.8 Å². The normalized spacial score (nSPS) is 24.2. The van der Waals surface area contributed by atoms with Gasteiger partial charge in [-0.3, -0.25) is 9.59 Å². The van der Waals surface area contributed by atoms with Crippen LogP contribution in [0.25, 0.3) is 0 Å². The van der Waals surface area contributed by atoms with Crippen molar-refractivity contribution in [1.29, 1.82) is 0 Å². The largest absolute Gasteiger partial charge is 0.336 e. The van der Waals surface area contributed by atoms with Crippen molar-refractivity contribution in [2.45, 2.75) is 18.9 Å². The summed E-state index contributed by atoms with van der Waals surface area (Å²) in [6, 6.07) is 0.248. The summed E-state index contributed by atoms with van der Waals surface area (Å²) in [6.45, 7) is 2.81. The molecule has 5 heteroatoms. The number of likely N-dealkylation sites (N-methyl/N-ethyl adjacent to an activating group) is 1. The first-order valence-corrected chi connectivity index (χ1v) is 6.47. The van der Waals surface area contributed by atoms with Crippen LogP contribution in [0.3, 0.4) is 0 Å². The van der Waals surface area contributed by atoms with Gasteiger partial charge in [0.25, 0.3) is 0 Å². The molecule has 18 heavy (non-hydrogen) atoms. The number of carbonyl (C=O) groups excluding carboxylic acids is 2. The Kier molecular flexibility index (Phi) is 4.01. The van der Waals surface area contributed by atoms with Crippen molar-refractivity contribution in [3.05, 3.63) is 12.2 Å². The lowest BCUT2D eigenvalue weighted by Gasteiger charge is -2.37. The fourth-order valence-electron chi connectivity index (χ4n) is 2.53. The molecule has 0 aromatic heterocycles. The summed E-state index contributed by atoms with van der Waals surface area (Å²) >= 11 is 0. The predicted octanol–water partition coefficient (Wildman–Crippen LogP) is -0.0626. The zero-order chi connectivity index (χ0) is 13.1. The Hall–Kier alpha value is -1.36. The zero-order valence-corrected chi connectivity index (χ0v) is 11.1. The highest BCUT2D eigenvalue weighted by Gasteiger charge is 2.36. The smallest absolute Gasteiger partial charge is 0.246 e. The number of hydrogen-bond acceptors (Lipinski definition) is 3. The average Bonchev–Trinajstić information content (AvgIpc) is 2.70. The molecule has 0 bridgehead atoms. The van der Waals surface area contributed by atoms with Gasteiger partial charge < -0.3 is 14.7 Å². The van der Waals surface area contributed by atoms with Crippen molar-refractivity contribution in [2.24, 2.45) is 0 Å². The molecular weight excluding hydrogens is 230 g/mol. The summed E-state index contributed by atoms with van der Waals surface area (Å²) in [7, 11) is 3.94. The monoisotopic (exact) mass is 251 g/mol. The number of piperazine rings is 1. The summed E-state index contributed by atoms with van der Waals surface area (Å²) in [4.78, 5) is 29.3. The van der Waals surface area contributed by atoms with Gasteiger partial charge in [-0.05, 0) is 20.5 Å². The minimum Gasteiger partial charge on any atom is -0.336 e. The van der Waals surface area contributed by atoms with Gasteiger partial charge in [-0.1, -0.05) is 6.08 Å². The van der Waals surface area contributed by atoms with Gasteiger partial charge in [0, 0.05) is 44.7 Å². The number of carbonyl (C=O) groups is 2. The number of amides is 2. The minimum atomic E-state index is 0.0656. The first-order valence-electron chi connectivity index (χ1n) is 6.47. The average molecular weight is 251 g/mol. The van der Waals surface area contributed by atoms with E-state index in [0.717, 1.165) is 13.0 Å². The van der Waals surface area contributed by atoms with E-state index >= 15 is 0 Å². The lowest BCUT2D eigenvalue weighted by molar-refractivity contribution is -0.136. The van der Waals surface area contributed by atoms with Crippen molar-refractivity contribution in [3.8, 4) is 0 Å². The van der Waals surface area contributed by atoms with E-state index in [1.807, 2.05) is 34.9 Å². The van der Waals surface area contributed by atoms with Crippen molar-refractivity contribution in [3.63, 3.8) is 0 Å². The minimum absolute atomic E-state index is 0.0656. The molecule has 1 unspecified atom stereocenters. The Morgan fingerprint density at radius 1 is 1.44 bits per heavy atom. The Balaban J connectivity index is 1.86. The molecule has 2 amide bonds. The van der Waals surface area contributed by atoms with Crippen LogP contribution in [0.5, 0.6) is 0 Å². The van der Waals surface area contributed by atoms with Gasteiger partial charge in [-0.15, -0.1) is 0 Å². The van der Waals surface area contributed by atoms with Gasteiger partial charge in [0.2, 0.25) is 11.8 Å². The van der Waals surface area contributed by atoms with Crippen LogP contribution in [-0.2, 0) is 9.59 Å². The van der Waals surface area contributed by atoms with Crippen molar-refractivity contribution >= 4 is 11.8 Å². The molecule has 2 fully saturated rings. The molecule has 2 aliphatic rings. The van der Waals surface area contributed by atoms with E-state index < -0.39 is 0 Å². The molecule has 2 heterocycles. The number of nitrogens with zero attached hydrogens (tertiary/aromatic N) is 3. The van der Waals surface area contributed by atoms with E-state index in [9.17, 15) is 9.59 Å². The predicted molar refractivity (Wildman–Crippen MR) is 69.0 cm³/mol. The maximum absolute atomic E-state index is 12.0. The summed E-state index contributed by atoms with van der Waals surface area (Å²) < 4.78 is 0. The zero-order valence-electron chi connectivity index (χ0n) is 11.1. The van der Waals surface area contributed by atoms with Crippen LogP contribution in [0.1, 0.15) is 12.8 Å². The number of fused-ring (bicyclic) bond motifs is 1. The fourth-order valence-corrected chi connectivity index (χ4v) is 2.53. The van der Waals surface area contributed by atoms with Crippen LogP contribution in [0.2, 0.25) is 0 Å². The van der Waals surface area contributed by atoms with Crippen LogP contribution in [0.4, 0.5) is 0 Å². The van der Waals surface area contributed by atoms with Crippen molar-refractivity contribution in [2.75, 3.05) is 40.3 Å². The number of rotatable bonds is 3. The van der Waals surface area contributed by atoms with E-state index in [0.29, 0.717) is 26.1 Å². The van der Waals surface area contributed by atoms with Gasteiger partial charge >= 0.3 is 0 Å². The molecule has 1 atom stereocenters. The fraction of sp³-hybridized carbons (Fsp3) is 0.692. The van der Waals surface area contributed by atoms with Crippen LogP contribution in [0.15, 0.2) is 12.2 Å². The van der Waals surface area contributed by atoms with E-state index in [4.69, 9.17) is 0 Å². The third kappa shape index (κ3) is 2.90. The van der Waals surface area contributed by atoms with Gasteiger partial charge in [0.1, 0.15) is 0 Å². The third-order valence-corrected chi connectivity index (χ3v) is 3.54. The van der Waals surface area contributed by atoms with Crippen molar-refractivity contribution in [1.82, 2.24) is 14.7 Å². The Bertz CT molecular complexity index is 365. The van der Waals surface area contributed by atoms with Gasteiger partial charge in [0.15, 0.2) is 0 Å². The quantitative estimate of drug-likeness (QED) is 0.660. The molecule has 0 N–H and O–H groups in total. The summed E-state index contributed by atoms with van der Waals surface area (Å²) in [5.74, 6) is 0.311. The van der Waals surface area contributed by atoms with Crippen molar-refractivity contribution < 1.29 is 9.59 Å². The molecule has 2 aliphatic heterocycles. The molecule has 0 saturated carbocycles. The molecule has 0 aliphatic carbocycles. The van der Waals surface area contributed by atoms with E-state index in [2.05, 4.69) is 0 Å². The van der Waals surface area contributed by atoms with E-state index in [-0.39, 0.29) is 17.9 Å². The second kappa shape index (κ2) is 5.52. The number of hydrogen-bond donors (Lipinski definition) is 0. The maximum atomic E-state index is 12.0. The molecule has 0 spiro atoms. The lowest BCUT2D eigenvalue weighted by atomic mass is 10.1. The summed E-state index contributed by atoms with van der Waals surface area (Å²) in [5, 5.41) is 0. The third-order valence-electron chi connectivity index (χ3n) is 3.54. The summed E-state index contributed by atoms with van der Waals surface area (Å²) in [5.41, 5.74) is 0. The van der Waals surface area contributed by atoms with Crippen LogP contribution >= 0.6 is 0 Å². The standard InChI is InChI=1S/C13H21N3O2/c1-14(2)7-3-4-12(17)15-8-9-16-11(10-15)5-6-13(16)18/h3-4,11H,5-10H2,1-2H3/b4-3+. The Morgan fingerprint density at radius 2 is 2.22 bits per heavy atom. The van der Waals surface area contributed by atoms with E-state index in [1.165, 1.54) is 0 Å². The topological polar surface area (TPSA) is 43.9 Å². The van der Waals surface area contributed by atoms with Gasteiger partial charge in [-0.2, -0.15) is 0 Å². The molecule has 0 aromatic carbocycles. The second-order valence-electron chi connectivity index (χ2n) is 5.23. The van der Waals surface area contributed by atoms with E-state index in [1.54, 1.807) is 6.08 Å².